The van der Waals surface area contributed by atoms with Crippen LogP contribution in [0.2, 0.25) is 0 Å². The Bertz CT molecular complexity index is 587. The molecule has 2 aromatic rings. The van der Waals surface area contributed by atoms with Gasteiger partial charge in [-0.2, -0.15) is 16.7 Å². The van der Waals surface area contributed by atoms with Crippen molar-refractivity contribution in [3.05, 3.63) is 41.5 Å². The van der Waals surface area contributed by atoms with Crippen LogP contribution in [0.4, 0.5) is 0 Å². The topological polar surface area (TPSA) is 74.2 Å². The highest BCUT2D eigenvalue weighted by molar-refractivity contribution is 7.98. The average molecular weight is 291 g/mol. The number of hydrogen-bond donors (Lipinski definition) is 1. The number of thioether (sulfide) groups is 1. The lowest BCUT2D eigenvalue weighted by molar-refractivity contribution is 0.327. The van der Waals surface area contributed by atoms with Crippen molar-refractivity contribution in [2.75, 3.05) is 18.6 Å². The summed E-state index contributed by atoms with van der Waals surface area (Å²) in [6.07, 6.45) is 2.89. The van der Waals surface area contributed by atoms with E-state index in [4.69, 9.17) is 15.0 Å². The molecule has 1 aliphatic rings. The number of nitrogens with two attached hydrogens (primary N) is 1. The Morgan fingerprint density at radius 1 is 1.45 bits per heavy atom. The molecule has 0 spiro atoms. The van der Waals surface area contributed by atoms with E-state index in [0.29, 0.717) is 18.3 Å². The third-order valence-electron chi connectivity index (χ3n) is 3.42. The van der Waals surface area contributed by atoms with E-state index in [1.54, 1.807) is 11.8 Å². The summed E-state index contributed by atoms with van der Waals surface area (Å²) in [4.78, 5) is 4.45. The fraction of sp³-hybridized carbons (Fsp3) is 0.429. The van der Waals surface area contributed by atoms with E-state index in [1.165, 1.54) is 0 Å². The molecule has 0 bridgehead atoms. The molecule has 3 rings (SSSR count). The van der Waals surface area contributed by atoms with E-state index in [9.17, 15) is 0 Å². The number of rotatable bonds is 5. The molecule has 6 heteroatoms. The zero-order valence-electron chi connectivity index (χ0n) is 11.3. The Hall–Kier alpha value is -1.53. The summed E-state index contributed by atoms with van der Waals surface area (Å²) in [7, 11) is 0. The number of hydrogen-bond acceptors (Lipinski definition) is 6. The summed E-state index contributed by atoms with van der Waals surface area (Å²) < 4.78 is 10.9. The molecule has 2 heterocycles. The van der Waals surface area contributed by atoms with Crippen LogP contribution in [0.25, 0.3) is 0 Å². The quantitative estimate of drug-likeness (QED) is 0.911. The number of fused-ring (bicyclic) bond motifs is 1. The molecule has 106 valence electrons. The van der Waals surface area contributed by atoms with Gasteiger partial charge in [-0.1, -0.05) is 23.4 Å². The molecule has 1 aromatic carbocycles. The molecule has 1 aromatic heterocycles. The van der Waals surface area contributed by atoms with Gasteiger partial charge in [-0.05, 0) is 24.5 Å². The maximum atomic E-state index is 6.05. The van der Waals surface area contributed by atoms with E-state index in [2.05, 4.69) is 16.4 Å². The van der Waals surface area contributed by atoms with Gasteiger partial charge in [-0.15, -0.1) is 0 Å². The van der Waals surface area contributed by atoms with Crippen LogP contribution in [-0.2, 0) is 0 Å². The number of benzene rings is 1. The van der Waals surface area contributed by atoms with Crippen molar-refractivity contribution in [1.82, 2.24) is 10.1 Å². The number of para-hydroxylation sites is 1. The first-order chi connectivity index (χ1) is 9.79. The molecular weight excluding hydrogens is 274 g/mol. The Morgan fingerprint density at radius 2 is 2.30 bits per heavy atom. The van der Waals surface area contributed by atoms with Gasteiger partial charge in [0, 0.05) is 5.56 Å². The molecule has 1 aliphatic heterocycles. The Labute approximate surface area is 121 Å². The average Bonchev–Trinajstić information content (AvgIpc) is 3.10. The van der Waals surface area contributed by atoms with Crippen LogP contribution in [0.1, 0.15) is 35.7 Å². The van der Waals surface area contributed by atoms with Crippen LogP contribution >= 0.6 is 11.8 Å². The van der Waals surface area contributed by atoms with E-state index < -0.39 is 0 Å². The van der Waals surface area contributed by atoms with Gasteiger partial charge >= 0.3 is 0 Å². The standard InChI is InChI=1S/C14H17N3O2S/c1-20-7-6-11(15)14-16-13(17-19-14)10-8-18-12-5-3-2-4-9(10)12/h2-5,10-11H,6-8,15H2,1H3. The lowest BCUT2D eigenvalue weighted by atomic mass is 10.0. The van der Waals surface area contributed by atoms with Crippen LogP contribution in [0.3, 0.4) is 0 Å². The molecule has 20 heavy (non-hydrogen) atoms. The minimum atomic E-state index is -0.193. The molecule has 2 unspecified atom stereocenters. The lowest BCUT2D eigenvalue weighted by Crippen LogP contribution is -2.12. The highest BCUT2D eigenvalue weighted by Crippen LogP contribution is 2.36. The van der Waals surface area contributed by atoms with Gasteiger partial charge in [0.1, 0.15) is 12.4 Å². The maximum absolute atomic E-state index is 6.05. The second-order valence-corrected chi connectivity index (χ2v) is 5.77. The first kappa shape index (κ1) is 13.5. The lowest BCUT2D eigenvalue weighted by Gasteiger charge is -2.04. The minimum absolute atomic E-state index is 0.0384. The molecule has 0 aliphatic carbocycles. The number of aromatic nitrogens is 2. The highest BCUT2D eigenvalue weighted by atomic mass is 32.2. The van der Waals surface area contributed by atoms with Crippen molar-refractivity contribution in [2.24, 2.45) is 5.73 Å². The second kappa shape index (κ2) is 5.85. The van der Waals surface area contributed by atoms with Gasteiger partial charge in [0.25, 0.3) is 0 Å². The SMILES string of the molecule is CSCCC(N)c1nc(C2COc3ccccc32)no1. The first-order valence-electron chi connectivity index (χ1n) is 6.59. The minimum Gasteiger partial charge on any atom is -0.492 e. The maximum Gasteiger partial charge on any atom is 0.243 e. The number of ether oxygens (including phenoxy) is 1. The molecule has 2 N–H and O–H groups in total. The van der Waals surface area contributed by atoms with Crippen molar-refractivity contribution in [3.8, 4) is 5.75 Å². The van der Waals surface area contributed by atoms with Crippen molar-refractivity contribution < 1.29 is 9.26 Å². The van der Waals surface area contributed by atoms with Crippen LogP contribution in [0.5, 0.6) is 5.75 Å². The first-order valence-corrected chi connectivity index (χ1v) is 7.98. The van der Waals surface area contributed by atoms with E-state index in [-0.39, 0.29) is 12.0 Å². The second-order valence-electron chi connectivity index (χ2n) is 4.78. The van der Waals surface area contributed by atoms with Gasteiger partial charge in [0.15, 0.2) is 5.82 Å². The normalized spacial score (nSPS) is 18.6. The monoisotopic (exact) mass is 291 g/mol. The molecule has 2 atom stereocenters. The van der Waals surface area contributed by atoms with Gasteiger partial charge < -0.3 is 15.0 Å². The summed E-state index contributed by atoms with van der Waals surface area (Å²) in [5.74, 6) is 3.09. The molecular formula is C14H17N3O2S. The van der Waals surface area contributed by atoms with E-state index in [1.807, 2.05) is 24.3 Å². The fourth-order valence-corrected chi connectivity index (χ4v) is 2.77. The van der Waals surface area contributed by atoms with Crippen molar-refractivity contribution in [1.29, 1.82) is 0 Å². The molecule has 0 amide bonds. The molecule has 5 nitrogen and oxygen atoms in total. The van der Waals surface area contributed by atoms with Gasteiger partial charge in [-0.25, -0.2) is 0 Å². The smallest absolute Gasteiger partial charge is 0.243 e. The van der Waals surface area contributed by atoms with Crippen molar-refractivity contribution in [3.63, 3.8) is 0 Å². The zero-order chi connectivity index (χ0) is 13.9. The summed E-state index contributed by atoms with van der Waals surface area (Å²) in [5.41, 5.74) is 7.16. The summed E-state index contributed by atoms with van der Waals surface area (Å²) >= 11 is 1.76. The van der Waals surface area contributed by atoms with Crippen molar-refractivity contribution in [2.45, 2.75) is 18.4 Å². The van der Waals surface area contributed by atoms with Crippen molar-refractivity contribution >= 4 is 11.8 Å². The van der Waals surface area contributed by atoms with E-state index >= 15 is 0 Å². The summed E-state index contributed by atoms with van der Waals surface area (Å²) in [5, 5.41) is 4.07. The molecule has 0 fully saturated rings. The largest absolute Gasteiger partial charge is 0.492 e. The van der Waals surface area contributed by atoms with Crippen LogP contribution in [0, 0.1) is 0 Å². The number of nitrogens with zero attached hydrogens (tertiary/aromatic N) is 2. The summed E-state index contributed by atoms with van der Waals surface area (Å²) in [6.45, 7) is 0.554. The third-order valence-corrected chi connectivity index (χ3v) is 4.06. The highest BCUT2D eigenvalue weighted by Gasteiger charge is 2.30. The Kier molecular flexibility index (Phi) is 3.93. The zero-order valence-corrected chi connectivity index (χ0v) is 12.1. The predicted molar refractivity (Wildman–Crippen MR) is 78.0 cm³/mol. The van der Waals surface area contributed by atoms with Gasteiger partial charge in [0.2, 0.25) is 5.89 Å². The van der Waals surface area contributed by atoms with Crippen LogP contribution in [-0.4, -0.2) is 28.8 Å². The molecule has 0 radical (unpaired) electrons. The van der Waals surface area contributed by atoms with Crippen LogP contribution < -0.4 is 10.5 Å². The fourth-order valence-electron chi connectivity index (χ4n) is 2.28. The summed E-state index contributed by atoms with van der Waals surface area (Å²) in [6, 6.07) is 7.76. The Morgan fingerprint density at radius 3 is 3.15 bits per heavy atom. The predicted octanol–water partition coefficient (Wildman–Crippen LogP) is 2.35. The van der Waals surface area contributed by atoms with E-state index in [0.717, 1.165) is 23.5 Å². The molecule has 0 saturated heterocycles. The Balaban J connectivity index is 1.78. The third kappa shape index (κ3) is 2.53. The molecule has 0 saturated carbocycles. The van der Waals surface area contributed by atoms with Gasteiger partial charge in [0.05, 0.1) is 12.0 Å². The van der Waals surface area contributed by atoms with Gasteiger partial charge in [-0.3, -0.25) is 0 Å². The van der Waals surface area contributed by atoms with Crippen LogP contribution in [0.15, 0.2) is 28.8 Å².